The number of aliphatic hydroxyl groups is 2. The second-order valence-corrected chi connectivity index (χ2v) is 19.0. The Balaban J connectivity index is 3.56. The summed E-state index contributed by atoms with van der Waals surface area (Å²) < 4.78 is 0. The van der Waals surface area contributed by atoms with Crippen LogP contribution in [0.5, 0.6) is 0 Å². The summed E-state index contributed by atoms with van der Waals surface area (Å²) in [6, 6.07) is -0.630. The molecule has 0 aromatic rings. The predicted octanol–water partition coefficient (Wildman–Crippen LogP) is 18.9. The molecule has 4 nitrogen and oxygen atoms in total. The largest absolute Gasteiger partial charge is 0.394 e. The summed E-state index contributed by atoms with van der Waals surface area (Å²) in [6.45, 7) is 4.21. The van der Waals surface area contributed by atoms with E-state index in [0.717, 1.165) is 70.6 Å². The molecule has 0 aromatic heterocycles. The molecule has 0 aliphatic rings. The molecule has 3 N–H and O–H groups in total. The van der Waals surface area contributed by atoms with Gasteiger partial charge in [0.25, 0.3) is 0 Å². The Hall–Kier alpha value is -2.69. The van der Waals surface area contributed by atoms with Crippen molar-refractivity contribution in [1.82, 2.24) is 5.32 Å². The van der Waals surface area contributed by atoms with Crippen molar-refractivity contribution >= 4 is 5.91 Å². The zero-order chi connectivity index (χ0) is 47.7. The summed E-state index contributed by atoms with van der Waals surface area (Å²) in [4.78, 5) is 12.5. The minimum absolute atomic E-state index is 0.0688. The van der Waals surface area contributed by atoms with Gasteiger partial charge in [0, 0.05) is 6.42 Å². The zero-order valence-corrected chi connectivity index (χ0v) is 43.7. The summed E-state index contributed by atoms with van der Waals surface area (Å²) in [5, 5.41) is 23.2. The molecule has 0 aliphatic carbocycles. The van der Waals surface area contributed by atoms with Crippen LogP contribution in [0.3, 0.4) is 0 Å². The van der Waals surface area contributed by atoms with Crippen molar-refractivity contribution in [1.29, 1.82) is 0 Å². The summed E-state index contributed by atoms with van der Waals surface area (Å²) in [5.74, 6) is -0.0688. The third-order valence-electron chi connectivity index (χ3n) is 12.6. The Labute approximate surface area is 411 Å². The highest BCUT2D eigenvalue weighted by Crippen LogP contribution is 2.16. The molecule has 4 heteroatoms. The van der Waals surface area contributed by atoms with Gasteiger partial charge >= 0.3 is 0 Å². The van der Waals surface area contributed by atoms with E-state index in [1.165, 1.54) is 180 Å². The van der Waals surface area contributed by atoms with E-state index in [9.17, 15) is 15.0 Å². The highest BCUT2D eigenvalue weighted by atomic mass is 16.3. The average molecular weight is 917 g/mol. The molecular weight excluding hydrogens is 807 g/mol. The molecule has 1 amide bonds. The first-order valence-corrected chi connectivity index (χ1v) is 28.5. The van der Waals surface area contributed by atoms with E-state index in [4.69, 9.17) is 0 Å². The van der Waals surface area contributed by atoms with Crippen molar-refractivity contribution in [3.8, 4) is 0 Å². The van der Waals surface area contributed by atoms with Gasteiger partial charge in [-0.15, -0.1) is 0 Å². The van der Waals surface area contributed by atoms with Gasteiger partial charge in [-0.2, -0.15) is 0 Å². The molecule has 0 aliphatic heterocycles. The maximum Gasteiger partial charge on any atom is 0.220 e. The van der Waals surface area contributed by atoms with Gasteiger partial charge in [-0.25, -0.2) is 0 Å². The SMILES string of the molecule is CC/C=C\C/C=C\C/C=C\C/C=C\C/C=C\C/C=C\C/C=C\CCCCCCCCCCCCCC(=O)NC(CO)C(O)/C=C/CCCCCCCCCCCCCCCCCCCCC. The number of carbonyl (C=O) groups excluding carboxylic acids is 1. The molecular formula is C62H109NO3. The highest BCUT2D eigenvalue weighted by molar-refractivity contribution is 5.76. The minimum Gasteiger partial charge on any atom is -0.394 e. The lowest BCUT2D eigenvalue weighted by Crippen LogP contribution is -2.45. The number of hydrogen-bond donors (Lipinski definition) is 3. The van der Waals surface area contributed by atoms with Gasteiger partial charge in [-0.3, -0.25) is 4.79 Å². The van der Waals surface area contributed by atoms with E-state index in [-0.39, 0.29) is 12.5 Å². The standard InChI is InChI=1S/C62H109NO3/c1-3-5-7-9-11-13-15-17-19-21-23-25-26-27-28-29-30-31-32-33-34-35-36-38-40-42-44-46-48-50-52-54-56-58-62(66)63-60(59-64)61(65)57-55-53-51-49-47-45-43-41-39-37-24-22-20-18-16-14-12-10-8-6-4-2/h5,7,11,13,17,19,23,25,27-28,30-31,33-34,55,57,60-61,64-65H,3-4,6,8-10,12,14-16,18,20-22,24,26,29,32,35-54,56,58-59H2,1-2H3,(H,63,66)/b7-5-,13-11-,19-17-,25-23-,28-27-,31-30-,34-33-,57-55+. The molecule has 0 saturated carbocycles. The topological polar surface area (TPSA) is 69.6 Å². The van der Waals surface area contributed by atoms with Gasteiger partial charge in [-0.05, 0) is 77.0 Å². The molecule has 0 aromatic carbocycles. The monoisotopic (exact) mass is 916 g/mol. The van der Waals surface area contributed by atoms with E-state index in [1.807, 2.05) is 6.08 Å². The lowest BCUT2D eigenvalue weighted by Gasteiger charge is -2.20. The molecule has 66 heavy (non-hydrogen) atoms. The Kier molecular flexibility index (Phi) is 54.3. The third-order valence-corrected chi connectivity index (χ3v) is 12.6. The van der Waals surface area contributed by atoms with Crippen molar-refractivity contribution in [2.75, 3.05) is 6.61 Å². The van der Waals surface area contributed by atoms with Gasteiger partial charge < -0.3 is 15.5 Å². The lowest BCUT2D eigenvalue weighted by molar-refractivity contribution is -0.123. The van der Waals surface area contributed by atoms with E-state index in [1.54, 1.807) is 6.08 Å². The van der Waals surface area contributed by atoms with Crippen molar-refractivity contribution in [3.05, 3.63) is 97.2 Å². The van der Waals surface area contributed by atoms with Crippen LogP contribution in [0.25, 0.3) is 0 Å². The van der Waals surface area contributed by atoms with E-state index < -0.39 is 12.1 Å². The maximum atomic E-state index is 12.5. The number of allylic oxidation sites excluding steroid dienone is 15. The summed E-state index contributed by atoms with van der Waals surface area (Å²) in [6.07, 6.45) is 84.2. The smallest absolute Gasteiger partial charge is 0.220 e. The van der Waals surface area contributed by atoms with Gasteiger partial charge in [0.2, 0.25) is 5.91 Å². The molecule has 380 valence electrons. The zero-order valence-electron chi connectivity index (χ0n) is 43.7. The quantitative estimate of drug-likeness (QED) is 0.0421. The minimum atomic E-state index is -0.847. The first-order valence-electron chi connectivity index (χ1n) is 28.5. The van der Waals surface area contributed by atoms with Crippen LogP contribution < -0.4 is 5.32 Å². The second-order valence-electron chi connectivity index (χ2n) is 19.0. The van der Waals surface area contributed by atoms with Crippen LogP contribution in [0.4, 0.5) is 0 Å². The van der Waals surface area contributed by atoms with Crippen LogP contribution in [-0.2, 0) is 4.79 Å². The average Bonchev–Trinajstić information content (AvgIpc) is 3.32. The molecule has 2 unspecified atom stereocenters. The predicted molar refractivity (Wildman–Crippen MR) is 294 cm³/mol. The molecule has 0 rings (SSSR count). The van der Waals surface area contributed by atoms with Crippen molar-refractivity contribution in [3.63, 3.8) is 0 Å². The summed E-state index contributed by atoms with van der Waals surface area (Å²) in [7, 11) is 0. The number of nitrogens with one attached hydrogen (secondary N) is 1. The second kappa shape index (κ2) is 56.6. The fraction of sp³-hybridized carbons (Fsp3) is 0.726. The van der Waals surface area contributed by atoms with E-state index in [2.05, 4.69) is 104 Å². The van der Waals surface area contributed by atoms with E-state index >= 15 is 0 Å². The Morgan fingerprint density at radius 2 is 0.667 bits per heavy atom. The number of rotatable bonds is 51. The molecule has 0 radical (unpaired) electrons. The van der Waals surface area contributed by atoms with Gasteiger partial charge in [-0.1, -0.05) is 284 Å². The third kappa shape index (κ3) is 52.3. The van der Waals surface area contributed by atoms with Crippen molar-refractivity contribution in [2.45, 2.75) is 283 Å². The number of unbranched alkanes of at least 4 members (excludes halogenated alkanes) is 30. The molecule has 0 fully saturated rings. The van der Waals surface area contributed by atoms with Crippen LogP contribution in [0, 0.1) is 0 Å². The lowest BCUT2D eigenvalue weighted by atomic mass is 10.0. The van der Waals surface area contributed by atoms with Crippen LogP contribution in [0.15, 0.2) is 97.2 Å². The first-order chi connectivity index (χ1) is 32.7. The number of amides is 1. The van der Waals surface area contributed by atoms with Crippen LogP contribution in [0.2, 0.25) is 0 Å². The van der Waals surface area contributed by atoms with Crippen molar-refractivity contribution < 1.29 is 15.0 Å². The highest BCUT2D eigenvalue weighted by Gasteiger charge is 2.18. The van der Waals surface area contributed by atoms with Gasteiger partial charge in [0.1, 0.15) is 0 Å². The maximum absolute atomic E-state index is 12.5. The summed E-state index contributed by atoms with van der Waals surface area (Å²) in [5.41, 5.74) is 0. The number of hydrogen-bond acceptors (Lipinski definition) is 3. The van der Waals surface area contributed by atoms with Gasteiger partial charge in [0.05, 0.1) is 18.8 Å². The Morgan fingerprint density at radius 3 is 1.00 bits per heavy atom. The Morgan fingerprint density at radius 1 is 0.379 bits per heavy atom. The fourth-order valence-electron chi connectivity index (χ4n) is 8.28. The van der Waals surface area contributed by atoms with Crippen LogP contribution >= 0.6 is 0 Å². The molecule has 0 saturated heterocycles. The molecule has 0 heterocycles. The first kappa shape index (κ1) is 63.3. The molecule has 0 spiro atoms. The molecule has 2 atom stereocenters. The van der Waals surface area contributed by atoms with E-state index in [0.29, 0.717) is 6.42 Å². The number of aliphatic hydroxyl groups excluding tert-OH is 2. The Bertz CT molecular complexity index is 1220. The summed E-state index contributed by atoms with van der Waals surface area (Å²) >= 11 is 0. The van der Waals surface area contributed by atoms with Crippen molar-refractivity contribution in [2.24, 2.45) is 0 Å². The molecule has 0 bridgehead atoms. The fourth-order valence-corrected chi connectivity index (χ4v) is 8.28. The van der Waals surface area contributed by atoms with Crippen LogP contribution in [-0.4, -0.2) is 34.9 Å². The van der Waals surface area contributed by atoms with Crippen LogP contribution in [0.1, 0.15) is 271 Å². The normalized spacial score (nSPS) is 13.6. The number of carbonyl (C=O) groups is 1. The van der Waals surface area contributed by atoms with Gasteiger partial charge in [0.15, 0.2) is 0 Å².